The van der Waals surface area contributed by atoms with Crippen molar-refractivity contribution in [1.29, 1.82) is 0 Å². The Bertz CT molecular complexity index is 773. The number of benzene rings is 2. The van der Waals surface area contributed by atoms with E-state index in [1.165, 1.54) is 23.9 Å². The van der Waals surface area contributed by atoms with Crippen LogP contribution in [0.25, 0.3) is 11.0 Å². The second-order valence-electron chi connectivity index (χ2n) is 4.23. The molecule has 1 aromatic heterocycles. The number of aromatic nitrogens is 2. The van der Waals surface area contributed by atoms with Crippen LogP contribution in [0.5, 0.6) is 0 Å². The summed E-state index contributed by atoms with van der Waals surface area (Å²) in [7, 11) is 0. The molecule has 1 amide bonds. The number of hydrogen-bond donors (Lipinski definition) is 1. The van der Waals surface area contributed by atoms with E-state index in [4.69, 9.17) is 0 Å². The summed E-state index contributed by atoms with van der Waals surface area (Å²) < 4.78 is 21.1. The second-order valence-corrected chi connectivity index (χ2v) is 5.81. The first-order valence-corrected chi connectivity index (χ1v) is 7.83. The lowest BCUT2D eigenvalue weighted by Gasteiger charge is -2.05. The molecule has 2 aromatic carbocycles. The smallest absolute Gasteiger partial charge is 0.234 e. The van der Waals surface area contributed by atoms with Gasteiger partial charge in [-0.05, 0) is 36.4 Å². The summed E-state index contributed by atoms with van der Waals surface area (Å²) in [4.78, 5) is 12.8. The van der Waals surface area contributed by atoms with E-state index in [0.717, 1.165) is 22.1 Å². The maximum absolute atomic E-state index is 12.8. The van der Waals surface area contributed by atoms with Gasteiger partial charge in [0.25, 0.3) is 0 Å². The third-order valence-electron chi connectivity index (χ3n) is 2.74. The topological polar surface area (TPSA) is 54.9 Å². The number of rotatable bonds is 4. The molecular weight excluding hydrogens is 309 g/mol. The van der Waals surface area contributed by atoms with E-state index < -0.39 is 0 Å². The van der Waals surface area contributed by atoms with Gasteiger partial charge in [-0.3, -0.25) is 4.79 Å². The maximum Gasteiger partial charge on any atom is 0.234 e. The lowest BCUT2D eigenvalue weighted by molar-refractivity contribution is -0.113. The number of anilines is 1. The molecule has 0 unspecified atom stereocenters. The van der Waals surface area contributed by atoms with E-state index >= 15 is 0 Å². The fraction of sp³-hybridized carbons (Fsp3) is 0.0714. The Morgan fingerprint density at radius 1 is 1.19 bits per heavy atom. The number of nitrogens with zero attached hydrogens (tertiary/aromatic N) is 2. The fourth-order valence-corrected chi connectivity index (χ4v) is 3.02. The predicted molar refractivity (Wildman–Crippen MR) is 83.2 cm³/mol. The molecule has 21 heavy (non-hydrogen) atoms. The zero-order valence-corrected chi connectivity index (χ0v) is 12.4. The average molecular weight is 319 g/mol. The summed E-state index contributed by atoms with van der Waals surface area (Å²) >= 11 is 2.47. The highest BCUT2D eigenvalue weighted by Gasteiger charge is 2.09. The molecule has 1 N–H and O–H groups in total. The molecule has 0 saturated carbocycles. The molecular formula is C14H10FN3OS2. The van der Waals surface area contributed by atoms with Crippen molar-refractivity contribution in [2.45, 2.75) is 4.90 Å². The van der Waals surface area contributed by atoms with E-state index in [9.17, 15) is 9.18 Å². The number of nitrogens with one attached hydrogen (secondary N) is 1. The quantitative estimate of drug-likeness (QED) is 0.747. The van der Waals surface area contributed by atoms with Crippen LogP contribution < -0.4 is 5.32 Å². The Labute approximate surface area is 128 Å². The van der Waals surface area contributed by atoms with E-state index in [2.05, 4.69) is 14.1 Å². The maximum atomic E-state index is 12.8. The number of amides is 1. The third kappa shape index (κ3) is 3.37. The average Bonchev–Trinajstić information content (AvgIpc) is 2.96. The van der Waals surface area contributed by atoms with Crippen molar-refractivity contribution < 1.29 is 9.18 Å². The molecule has 0 fully saturated rings. The van der Waals surface area contributed by atoms with E-state index in [1.54, 1.807) is 18.2 Å². The summed E-state index contributed by atoms with van der Waals surface area (Å²) in [6, 6.07) is 11.5. The van der Waals surface area contributed by atoms with Gasteiger partial charge in [-0.1, -0.05) is 6.07 Å². The van der Waals surface area contributed by atoms with Crippen LogP contribution in [0.15, 0.2) is 47.4 Å². The minimum atomic E-state index is -0.286. The molecule has 1 heterocycles. The van der Waals surface area contributed by atoms with Gasteiger partial charge < -0.3 is 5.32 Å². The number of halogens is 1. The first-order valence-electron chi connectivity index (χ1n) is 6.12. The lowest BCUT2D eigenvalue weighted by Crippen LogP contribution is -2.14. The third-order valence-corrected chi connectivity index (χ3v) is 4.30. The standard InChI is InChI=1S/C14H10FN3OS2/c15-9-4-6-10(7-5-9)20-8-13(19)16-11-2-1-3-12-14(11)18-21-17-12/h1-7H,8H2,(H,16,19). The van der Waals surface area contributed by atoms with Gasteiger partial charge in [0.15, 0.2) is 0 Å². The molecule has 0 bridgehead atoms. The Morgan fingerprint density at radius 2 is 2.00 bits per heavy atom. The normalized spacial score (nSPS) is 10.7. The van der Waals surface area contributed by atoms with Crippen LogP contribution in [-0.2, 0) is 4.79 Å². The molecule has 0 aliphatic carbocycles. The molecule has 0 aliphatic heterocycles. The van der Waals surface area contributed by atoms with Gasteiger partial charge in [0, 0.05) is 4.90 Å². The Kier molecular flexibility index (Phi) is 4.12. The number of hydrogen-bond acceptors (Lipinski definition) is 5. The number of thioether (sulfide) groups is 1. The fourth-order valence-electron chi connectivity index (χ4n) is 1.77. The van der Waals surface area contributed by atoms with Gasteiger partial charge in [-0.25, -0.2) is 4.39 Å². The van der Waals surface area contributed by atoms with Crippen LogP contribution in [0, 0.1) is 5.82 Å². The monoisotopic (exact) mass is 319 g/mol. The molecule has 0 atom stereocenters. The van der Waals surface area contributed by atoms with E-state index in [1.807, 2.05) is 12.1 Å². The van der Waals surface area contributed by atoms with Gasteiger partial charge in [0.1, 0.15) is 16.9 Å². The Balaban J connectivity index is 1.64. The molecule has 0 radical (unpaired) electrons. The largest absolute Gasteiger partial charge is 0.323 e. The van der Waals surface area contributed by atoms with Crippen LogP contribution in [-0.4, -0.2) is 20.4 Å². The summed E-state index contributed by atoms with van der Waals surface area (Å²) in [5, 5.41) is 2.82. The van der Waals surface area contributed by atoms with Crippen LogP contribution in [0.2, 0.25) is 0 Å². The Morgan fingerprint density at radius 3 is 2.81 bits per heavy atom. The van der Waals surface area contributed by atoms with Gasteiger partial charge >= 0.3 is 0 Å². The van der Waals surface area contributed by atoms with Crippen LogP contribution >= 0.6 is 23.5 Å². The van der Waals surface area contributed by atoms with Gasteiger partial charge in [0.05, 0.1) is 23.2 Å². The highest BCUT2D eigenvalue weighted by atomic mass is 32.2. The molecule has 4 nitrogen and oxygen atoms in total. The van der Waals surface area contributed by atoms with E-state index in [-0.39, 0.29) is 17.5 Å². The van der Waals surface area contributed by atoms with Crippen molar-refractivity contribution in [3.63, 3.8) is 0 Å². The molecule has 106 valence electrons. The zero-order valence-electron chi connectivity index (χ0n) is 10.7. The van der Waals surface area contributed by atoms with Crippen molar-refractivity contribution >= 4 is 46.1 Å². The molecule has 7 heteroatoms. The summed E-state index contributed by atoms with van der Waals surface area (Å²) in [5.74, 6) is -0.170. The summed E-state index contributed by atoms with van der Waals surface area (Å²) in [5.41, 5.74) is 2.12. The van der Waals surface area contributed by atoms with Crippen LogP contribution in [0.3, 0.4) is 0 Å². The summed E-state index contributed by atoms with van der Waals surface area (Å²) in [6.07, 6.45) is 0. The predicted octanol–water partition coefficient (Wildman–Crippen LogP) is 3.56. The van der Waals surface area contributed by atoms with Gasteiger partial charge in [0.2, 0.25) is 5.91 Å². The van der Waals surface area contributed by atoms with Crippen molar-refractivity contribution in [3.8, 4) is 0 Å². The lowest BCUT2D eigenvalue weighted by atomic mass is 10.2. The first-order chi connectivity index (χ1) is 10.2. The van der Waals surface area contributed by atoms with Gasteiger partial charge in [-0.2, -0.15) is 8.75 Å². The van der Waals surface area contributed by atoms with Crippen molar-refractivity contribution in [1.82, 2.24) is 8.75 Å². The van der Waals surface area contributed by atoms with Crippen molar-refractivity contribution in [3.05, 3.63) is 48.3 Å². The number of fused-ring (bicyclic) bond motifs is 1. The highest BCUT2D eigenvalue weighted by molar-refractivity contribution is 8.00. The van der Waals surface area contributed by atoms with Crippen molar-refractivity contribution in [2.24, 2.45) is 0 Å². The SMILES string of the molecule is O=C(CSc1ccc(F)cc1)Nc1cccc2nsnc12. The molecule has 0 saturated heterocycles. The Hall–Kier alpha value is -1.99. The van der Waals surface area contributed by atoms with Crippen LogP contribution in [0.4, 0.5) is 10.1 Å². The summed E-state index contributed by atoms with van der Waals surface area (Å²) in [6.45, 7) is 0. The second kappa shape index (κ2) is 6.19. The van der Waals surface area contributed by atoms with E-state index in [0.29, 0.717) is 11.2 Å². The van der Waals surface area contributed by atoms with Gasteiger partial charge in [-0.15, -0.1) is 11.8 Å². The number of carbonyl (C=O) groups excluding carboxylic acids is 1. The first kappa shape index (κ1) is 14.0. The molecule has 0 aliphatic rings. The van der Waals surface area contributed by atoms with Crippen molar-refractivity contribution in [2.75, 3.05) is 11.1 Å². The van der Waals surface area contributed by atoms with Crippen LogP contribution in [0.1, 0.15) is 0 Å². The number of carbonyl (C=O) groups is 1. The minimum absolute atomic E-state index is 0.134. The zero-order chi connectivity index (χ0) is 14.7. The highest BCUT2D eigenvalue weighted by Crippen LogP contribution is 2.22. The molecule has 3 rings (SSSR count). The minimum Gasteiger partial charge on any atom is -0.323 e. The molecule has 0 spiro atoms. The molecule has 3 aromatic rings.